The number of nitrogens with one attached hydrogen (secondary N) is 1. The lowest BCUT2D eigenvalue weighted by Gasteiger charge is -2.22. The second-order valence-electron chi connectivity index (χ2n) is 6.69. The highest BCUT2D eigenvalue weighted by molar-refractivity contribution is 7.99. The molecule has 5 nitrogen and oxygen atoms in total. The molecule has 1 amide bonds. The maximum atomic E-state index is 13.1. The van der Waals surface area contributed by atoms with Gasteiger partial charge in [-0.15, -0.1) is 11.8 Å². The van der Waals surface area contributed by atoms with E-state index in [1.807, 2.05) is 38.1 Å². The molecule has 3 rings (SSSR count). The number of hydrogen-bond donors (Lipinski definition) is 1. The zero-order valence-corrected chi connectivity index (χ0v) is 18.8. The third-order valence-electron chi connectivity index (χ3n) is 4.60. The number of carbonyl (C=O) groups is 1. The molecule has 0 spiro atoms. The van der Waals surface area contributed by atoms with Crippen LogP contribution in [-0.2, 0) is 10.0 Å². The average molecular weight is 441 g/mol. The summed E-state index contributed by atoms with van der Waals surface area (Å²) in [6.07, 6.45) is 0. The summed E-state index contributed by atoms with van der Waals surface area (Å²) in [4.78, 5) is 14.2. The van der Waals surface area contributed by atoms with Crippen LogP contribution >= 0.6 is 11.8 Å². The highest BCUT2D eigenvalue weighted by Crippen LogP contribution is 2.29. The minimum atomic E-state index is -3.81. The first-order valence-corrected chi connectivity index (χ1v) is 11.9. The molecule has 3 aromatic carbocycles. The zero-order valence-electron chi connectivity index (χ0n) is 17.1. The van der Waals surface area contributed by atoms with Crippen molar-refractivity contribution in [1.82, 2.24) is 0 Å². The Balaban J connectivity index is 1.94. The van der Waals surface area contributed by atoms with Crippen LogP contribution in [0.25, 0.3) is 0 Å². The van der Waals surface area contributed by atoms with Gasteiger partial charge in [-0.1, -0.05) is 48.9 Å². The van der Waals surface area contributed by atoms with Crippen molar-refractivity contribution in [2.24, 2.45) is 0 Å². The molecule has 0 aliphatic carbocycles. The fraction of sp³-hybridized carbons (Fsp3) is 0.174. The van der Waals surface area contributed by atoms with Crippen LogP contribution < -0.4 is 9.62 Å². The van der Waals surface area contributed by atoms with Gasteiger partial charge in [0, 0.05) is 11.9 Å². The van der Waals surface area contributed by atoms with Gasteiger partial charge in [-0.3, -0.25) is 9.10 Å². The number of carbonyl (C=O) groups excluding carboxylic acids is 1. The van der Waals surface area contributed by atoms with Crippen LogP contribution in [0.2, 0.25) is 0 Å². The largest absolute Gasteiger partial charge is 0.321 e. The predicted octanol–water partition coefficient (Wildman–Crippen LogP) is 5.18. The predicted molar refractivity (Wildman–Crippen MR) is 124 cm³/mol. The SMILES string of the molecule is CCSc1ccccc1NC(=O)c1ccccc1N(C)S(=O)(=O)c1ccc(C)cc1. The van der Waals surface area contributed by atoms with E-state index in [1.54, 1.807) is 60.3 Å². The Kier molecular flexibility index (Phi) is 6.84. The Morgan fingerprint density at radius 3 is 2.30 bits per heavy atom. The highest BCUT2D eigenvalue weighted by atomic mass is 32.2. The third kappa shape index (κ3) is 4.68. The second kappa shape index (κ2) is 9.36. The van der Waals surface area contributed by atoms with Gasteiger partial charge in [0.15, 0.2) is 0 Å². The number of thioether (sulfide) groups is 1. The van der Waals surface area contributed by atoms with Crippen LogP contribution in [0.3, 0.4) is 0 Å². The maximum Gasteiger partial charge on any atom is 0.264 e. The molecule has 0 heterocycles. The van der Waals surface area contributed by atoms with E-state index in [4.69, 9.17) is 0 Å². The molecule has 0 aliphatic heterocycles. The Hall–Kier alpha value is -2.77. The van der Waals surface area contributed by atoms with Crippen LogP contribution in [0.5, 0.6) is 0 Å². The molecule has 156 valence electrons. The minimum Gasteiger partial charge on any atom is -0.321 e. The summed E-state index contributed by atoms with van der Waals surface area (Å²) in [5.41, 5.74) is 2.27. The first-order chi connectivity index (χ1) is 14.3. The molecule has 30 heavy (non-hydrogen) atoms. The minimum absolute atomic E-state index is 0.176. The summed E-state index contributed by atoms with van der Waals surface area (Å²) in [6.45, 7) is 3.94. The van der Waals surface area contributed by atoms with Crippen LogP contribution in [0, 0.1) is 6.92 Å². The van der Waals surface area contributed by atoms with Gasteiger partial charge >= 0.3 is 0 Å². The van der Waals surface area contributed by atoms with Crippen molar-refractivity contribution in [1.29, 1.82) is 0 Å². The van der Waals surface area contributed by atoms with E-state index < -0.39 is 10.0 Å². The molecule has 0 atom stereocenters. The van der Waals surface area contributed by atoms with Crippen molar-refractivity contribution < 1.29 is 13.2 Å². The molecule has 0 bridgehead atoms. The molecule has 0 aromatic heterocycles. The Morgan fingerprint density at radius 1 is 0.967 bits per heavy atom. The Labute approximate surface area is 182 Å². The zero-order chi connectivity index (χ0) is 21.7. The first kappa shape index (κ1) is 21.9. The van der Waals surface area contributed by atoms with Gasteiger partial charge in [0.05, 0.1) is 21.8 Å². The lowest BCUT2D eigenvalue weighted by atomic mass is 10.1. The fourth-order valence-electron chi connectivity index (χ4n) is 2.98. The van der Waals surface area contributed by atoms with E-state index in [1.165, 1.54) is 7.05 Å². The summed E-state index contributed by atoms with van der Waals surface area (Å²) >= 11 is 1.63. The van der Waals surface area contributed by atoms with E-state index in [2.05, 4.69) is 5.32 Å². The molecule has 1 N–H and O–H groups in total. The molecule has 0 saturated heterocycles. The van der Waals surface area contributed by atoms with Gasteiger partial charge in [-0.2, -0.15) is 0 Å². The van der Waals surface area contributed by atoms with Crippen molar-refractivity contribution in [2.45, 2.75) is 23.6 Å². The standard InChI is InChI=1S/C23H24N2O3S2/c1-4-29-22-12-8-6-10-20(22)24-23(26)19-9-5-7-11-21(19)25(3)30(27,28)18-15-13-17(2)14-16-18/h5-16H,4H2,1-3H3,(H,24,26). The monoisotopic (exact) mass is 440 g/mol. The van der Waals surface area contributed by atoms with Gasteiger partial charge in [0.1, 0.15) is 0 Å². The van der Waals surface area contributed by atoms with E-state index in [-0.39, 0.29) is 16.4 Å². The third-order valence-corrected chi connectivity index (χ3v) is 7.34. The molecule has 0 unspecified atom stereocenters. The number of hydrogen-bond acceptors (Lipinski definition) is 4. The number of sulfonamides is 1. The first-order valence-electron chi connectivity index (χ1n) is 9.52. The highest BCUT2D eigenvalue weighted by Gasteiger charge is 2.25. The summed E-state index contributed by atoms with van der Waals surface area (Å²) in [6, 6.07) is 20.9. The van der Waals surface area contributed by atoms with Crippen molar-refractivity contribution in [2.75, 3.05) is 22.4 Å². The van der Waals surface area contributed by atoms with E-state index >= 15 is 0 Å². The summed E-state index contributed by atoms with van der Waals surface area (Å²) in [5, 5.41) is 2.92. The van der Waals surface area contributed by atoms with Crippen LogP contribution in [0.15, 0.2) is 82.6 Å². The molecule has 0 saturated carbocycles. The van der Waals surface area contributed by atoms with Gasteiger partial charge in [0.25, 0.3) is 15.9 Å². The smallest absolute Gasteiger partial charge is 0.264 e. The molecule has 3 aromatic rings. The fourth-order valence-corrected chi connectivity index (χ4v) is 4.95. The summed E-state index contributed by atoms with van der Waals surface area (Å²) < 4.78 is 27.4. The van der Waals surface area contributed by atoms with Gasteiger partial charge < -0.3 is 5.32 Å². The quantitative estimate of drug-likeness (QED) is 0.514. The van der Waals surface area contributed by atoms with Gasteiger partial charge in [0.2, 0.25) is 0 Å². The Morgan fingerprint density at radius 2 is 1.60 bits per heavy atom. The normalized spacial score (nSPS) is 11.2. The number of para-hydroxylation sites is 2. The number of anilines is 2. The van der Waals surface area contributed by atoms with Crippen molar-refractivity contribution in [3.8, 4) is 0 Å². The second-order valence-corrected chi connectivity index (χ2v) is 9.96. The summed E-state index contributed by atoms with van der Waals surface area (Å²) in [5.74, 6) is 0.516. The van der Waals surface area contributed by atoms with E-state index in [9.17, 15) is 13.2 Å². The molecule has 0 radical (unpaired) electrons. The molecular weight excluding hydrogens is 416 g/mol. The molecule has 0 aliphatic rings. The van der Waals surface area contributed by atoms with Gasteiger partial charge in [-0.05, 0) is 49.1 Å². The topological polar surface area (TPSA) is 66.5 Å². The van der Waals surface area contributed by atoms with Crippen LogP contribution in [0.4, 0.5) is 11.4 Å². The lowest BCUT2D eigenvalue weighted by molar-refractivity contribution is 0.102. The van der Waals surface area contributed by atoms with Gasteiger partial charge in [-0.25, -0.2) is 8.42 Å². The van der Waals surface area contributed by atoms with Crippen LogP contribution in [0.1, 0.15) is 22.8 Å². The van der Waals surface area contributed by atoms with Crippen molar-refractivity contribution >= 4 is 39.1 Å². The number of nitrogens with zero attached hydrogens (tertiary/aromatic N) is 1. The van der Waals surface area contributed by atoms with Crippen molar-refractivity contribution in [3.05, 3.63) is 83.9 Å². The van der Waals surface area contributed by atoms with Crippen LogP contribution in [-0.4, -0.2) is 27.1 Å². The molecule has 0 fully saturated rings. The number of benzene rings is 3. The van der Waals surface area contributed by atoms with E-state index in [0.29, 0.717) is 11.4 Å². The lowest BCUT2D eigenvalue weighted by Crippen LogP contribution is -2.29. The number of rotatable bonds is 7. The molecule has 7 heteroatoms. The van der Waals surface area contributed by atoms with Crippen molar-refractivity contribution in [3.63, 3.8) is 0 Å². The number of aryl methyl sites for hydroxylation is 1. The molecular formula is C23H24N2O3S2. The Bertz CT molecular complexity index is 1140. The number of amides is 1. The average Bonchev–Trinajstić information content (AvgIpc) is 2.75. The maximum absolute atomic E-state index is 13.1. The van der Waals surface area contributed by atoms with E-state index in [0.717, 1.165) is 20.5 Å². The summed E-state index contributed by atoms with van der Waals surface area (Å²) in [7, 11) is -2.34.